The van der Waals surface area contributed by atoms with Crippen LogP contribution in [0.1, 0.15) is 20.3 Å². The maximum atomic E-state index is 11.9. The third-order valence-corrected chi connectivity index (χ3v) is 4.90. The summed E-state index contributed by atoms with van der Waals surface area (Å²) in [6.07, 6.45) is 0.0391. The van der Waals surface area contributed by atoms with Crippen LogP contribution in [0.25, 0.3) is 0 Å². The van der Waals surface area contributed by atoms with E-state index in [0.717, 1.165) is 0 Å². The molecule has 0 bridgehead atoms. The quantitative estimate of drug-likeness (QED) is 0.743. The number of carboxylic acid groups (broad SMARTS) is 1. The molecule has 1 rings (SSSR count). The Labute approximate surface area is 96.0 Å². The molecule has 0 spiro atoms. The van der Waals surface area contributed by atoms with Crippen LogP contribution < -0.4 is 0 Å². The van der Waals surface area contributed by atoms with Gasteiger partial charge in [-0.3, -0.25) is 4.79 Å². The lowest BCUT2D eigenvalue weighted by molar-refractivity contribution is -0.139. The first kappa shape index (κ1) is 13.4. The molecule has 0 atom stereocenters. The van der Waals surface area contributed by atoms with Gasteiger partial charge in [0, 0.05) is 26.2 Å². The van der Waals surface area contributed by atoms with Crippen molar-refractivity contribution < 1.29 is 18.3 Å². The van der Waals surface area contributed by atoms with E-state index >= 15 is 0 Å². The summed E-state index contributed by atoms with van der Waals surface area (Å²) in [5.41, 5.74) is 0. The number of carbonyl (C=O) groups is 1. The zero-order chi connectivity index (χ0) is 12.5. The van der Waals surface area contributed by atoms with E-state index in [1.807, 2.05) is 0 Å². The lowest BCUT2D eigenvalue weighted by atomic mass is 10.00. The Bertz CT molecular complexity index is 360. The van der Waals surface area contributed by atoms with Gasteiger partial charge in [-0.05, 0) is 19.8 Å². The minimum Gasteiger partial charge on any atom is -0.481 e. The monoisotopic (exact) mass is 250 g/mol. The van der Waals surface area contributed by atoms with Crippen molar-refractivity contribution in [3.63, 3.8) is 0 Å². The summed E-state index contributed by atoms with van der Waals surface area (Å²) in [5.74, 6) is -0.924. The van der Waals surface area contributed by atoms with Gasteiger partial charge in [0.2, 0.25) is 0 Å². The number of nitrogens with zero attached hydrogens (tertiary/aromatic N) is 2. The van der Waals surface area contributed by atoms with Gasteiger partial charge in [0.25, 0.3) is 10.2 Å². The van der Waals surface area contributed by atoms with Crippen LogP contribution in [0.5, 0.6) is 0 Å². The molecular weight excluding hydrogens is 232 g/mol. The minimum atomic E-state index is -3.40. The summed E-state index contributed by atoms with van der Waals surface area (Å²) in [5, 5.41) is 8.56. The summed E-state index contributed by atoms with van der Waals surface area (Å²) < 4.78 is 26.4. The first-order valence-corrected chi connectivity index (χ1v) is 6.59. The molecule has 0 amide bonds. The van der Waals surface area contributed by atoms with Gasteiger partial charge in [-0.2, -0.15) is 17.0 Å². The van der Waals surface area contributed by atoms with Crippen LogP contribution in [0.3, 0.4) is 0 Å². The Morgan fingerprint density at radius 3 is 2.38 bits per heavy atom. The van der Waals surface area contributed by atoms with E-state index in [0.29, 0.717) is 13.1 Å². The van der Waals surface area contributed by atoms with Crippen LogP contribution in [0.2, 0.25) is 0 Å². The van der Waals surface area contributed by atoms with Crippen LogP contribution in [-0.4, -0.2) is 54.3 Å². The zero-order valence-electron chi connectivity index (χ0n) is 9.75. The highest BCUT2D eigenvalue weighted by Crippen LogP contribution is 2.24. The number of hydrogen-bond donors (Lipinski definition) is 1. The van der Waals surface area contributed by atoms with Crippen LogP contribution >= 0.6 is 0 Å². The molecule has 94 valence electrons. The van der Waals surface area contributed by atoms with E-state index in [1.54, 1.807) is 13.8 Å². The molecule has 1 saturated heterocycles. The summed E-state index contributed by atoms with van der Waals surface area (Å²) in [6.45, 7) is 4.22. The van der Waals surface area contributed by atoms with E-state index < -0.39 is 16.2 Å². The second kappa shape index (κ2) is 4.68. The number of aliphatic carboxylic acids is 1. The lowest BCUT2D eigenvalue weighted by Gasteiger charge is -2.40. The number of carboxylic acids is 1. The average Bonchev–Trinajstić information content (AvgIpc) is 2.08. The normalized spacial score (nSPS) is 19.1. The maximum absolute atomic E-state index is 11.9. The third-order valence-electron chi connectivity index (χ3n) is 2.80. The fourth-order valence-corrected chi connectivity index (χ4v) is 3.23. The average molecular weight is 250 g/mol. The Balaban J connectivity index is 2.54. The number of rotatable bonds is 5. The van der Waals surface area contributed by atoms with Crippen molar-refractivity contribution in [1.29, 1.82) is 0 Å². The van der Waals surface area contributed by atoms with Crippen molar-refractivity contribution in [2.45, 2.75) is 26.3 Å². The second-order valence-corrected chi connectivity index (χ2v) is 6.39. The van der Waals surface area contributed by atoms with Crippen molar-refractivity contribution in [2.75, 3.05) is 20.1 Å². The highest BCUT2D eigenvalue weighted by atomic mass is 32.2. The molecular formula is C9H18N2O4S. The maximum Gasteiger partial charge on any atom is 0.303 e. The molecule has 0 unspecified atom stereocenters. The molecule has 0 aromatic rings. The lowest BCUT2D eigenvalue weighted by Crippen LogP contribution is -2.55. The Morgan fingerprint density at radius 1 is 1.50 bits per heavy atom. The molecule has 1 aliphatic rings. The summed E-state index contributed by atoms with van der Waals surface area (Å²) >= 11 is 0. The second-order valence-electron chi connectivity index (χ2n) is 4.40. The van der Waals surface area contributed by atoms with Crippen molar-refractivity contribution in [1.82, 2.24) is 8.61 Å². The van der Waals surface area contributed by atoms with Crippen LogP contribution in [-0.2, 0) is 15.0 Å². The molecule has 0 aromatic carbocycles. The van der Waals surface area contributed by atoms with Gasteiger partial charge < -0.3 is 5.11 Å². The van der Waals surface area contributed by atoms with E-state index in [-0.39, 0.29) is 18.4 Å². The summed E-state index contributed by atoms with van der Waals surface area (Å²) in [6, 6.07) is -0.0940. The van der Waals surface area contributed by atoms with Crippen molar-refractivity contribution in [3.05, 3.63) is 0 Å². The van der Waals surface area contributed by atoms with Crippen LogP contribution in [0.4, 0.5) is 0 Å². The van der Waals surface area contributed by atoms with E-state index in [9.17, 15) is 13.2 Å². The molecule has 7 heteroatoms. The van der Waals surface area contributed by atoms with E-state index in [4.69, 9.17) is 5.11 Å². The van der Waals surface area contributed by atoms with Gasteiger partial charge in [0.15, 0.2) is 0 Å². The molecule has 1 fully saturated rings. The standard InChI is InChI=1S/C9H18N2O4S/c1-7(2)10(3)16(14,15)11-5-8(6-11)4-9(12)13/h7-8H,4-6H2,1-3H3,(H,12,13). The van der Waals surface area contributed by atoms with E-state index in [1.165, 1.54) is 15.7 Å². The fraction of sp³-hybridized carbons (Fsp3) is 0.889. The first-order valence-electron chi connectivity index (χ1n) is 5.20. The topological polar surface area (TPSA) is 77.9 Å². The van der Waals surface area contributed by atoms with Crippen molar-refractivity contribution in [2.24, 2.45) is 5.92 Å². The smallest absolute Gasteiger partial charge is 0.303 e. The number of hydrogen-bond acceptors (Lipinski definition) is 3. The highest BCUT2D eigenvalue weighted by molar-refractivity contribution is 7.86. The Morgan fingerprint density at radius 2 is 2.00 bits per heavy atom. The molecule has 0 radical (unpaired) electrons. The van der Waals surface area contributed by atoms with Crippen LogP contribution in [0, 0.1) is 5.92 Å². The van der Waals surface area contributed by atoms with Gasteiger partial charge in [-0.25, -0.2) is 0 Å². The highest BCUT2D eigenvalue weighted by Gasteiger charge is 2.39. The Kier molecular flexibility index (Phi) is 3.92. The van der Waals surface area contributed by atoms with Gasteiger partial charge in [-0.1, -0.05) is 0 Å². The predicted octanol–water partition coefficient (Wildman–Crippen LogP) is -0.0221. The predicted molar refractivity (Wildman–Crippen MR) is 59.1 cm³/mol. The molecule has 16 heavy (non-hydrogen) atoms. The molecule has 0 saturated carbocycles. The zero-order valence-corrected chi connectivity index (χ0v) is 10.6. The largest absolute Gasteiger partial charge is 0.481 e. The first-order chi connectivity index (χ1) is 7.25. The molecule has 1 aliphatic heterocycles. The van der Waals surface area contributed by atoms with Crippen molar-refractivity contribution >= 4 is 16.2 Å². The fourth-order valence-electron chi connectivity index (χ4n) is 1.54. The molecule has 1 heterocycles. The SMILES string of the molecule is CC(C)N(C)S(=O)(=O)N1CC(CC(=O)O)C1. The minimum absolute atomic E-state index is 0.0391. The molecule has 0 aliphatic carbocycles. The molecule has 1 N–H and O–H groups in total. The van der Waals surface area contributed by atoms with Gasteiger partial charge in [-0.15, -0.1) is 0 Å². The summed E-state index contributed by atoms with van der Waals surface area (Å²) in [4.78, 5) is 10.4. The van der Waals surface area contributed by atoms with Gasteiger partial charge in [0.1, 0.15) is 0 Å². The van der Waals surface area contributed by atoms with Crippen molar-refractivity contribution in [3.8, 4) is 0 Å². The molecule has 0 aromatic heterocycles. The Hall–Kier alpha value is -0.660. The van der Waals surface area contributed by atoms with Crippen LogP contribution in [0.15, 0.2) is 0 Å². The molecule has 6 nitrogen and oxygen atoms in total. The third kappa shape index (κ3) is 2.72. The van der Waals surface area contributed by atoms with E-state index in [2.05, 4.69) is 0 Å². The van der Waals surface area contributed by atoms with Gasteiger partial charge >= 0.3 is 5.97 Å². The van der Waals surface area contributed by atoms with Gasteiger partial charge in [0.05, 0.1) is 6.42 Å². The summed E-state index contributed by atoms with van der Waals surface area (Å²) in [7, 11) is -1.86.